The zero-order chi connectivity index (χ0) is 18.1. The maximum atomic E-state index is 13.0. The number of hydrogen-bond acceptors (Lipinski definition) is 4. The van der Waals surface area contributed by atoms with Gasteiger partial charge in [0.2, 0.25) is 0 Å². The Morgan fingerprint density at radius 1 is 1.04 bits per heavy atom. The van der Waals surface area contributed by atoms with E-state index in [2.05, 4.69) is 18.7 Å². The molecule has 0 spiro atoms. The summed E-state index contributed by atoms with van der Waals surface area (Å²) in [7, 11) is 0. The van der Waals surface area contributed by atoms with Crippen molar-refractivity contribution < 1.29 is 14.6 Å². The van der Waals surface area contributed by atoms with Crippen LogP contribution in [-0.2, 0) is 9.53 Å². The Balaban J connectivity index is 2.03. The second kappa shape index (κ2) is 10.5. The first-order valence-electron chi connectivity index (χ1n) is 10.7. The molecule has 2 rings (SSSR count). The molecule has 0 bridgehead atoms. The van der Waals surface area contributed by atoms with Gasteiger partial charge in [0.05, 0.1) is 11.5 Å². The molecule has 4 heteroatoms. The van der Waals surface area contributed by atoms with Gasteiger partial charge in [-0.05, 0) is 44.7 Å². The number of aliphatic hydroxyl groups is 1. The first kappa shape index (κ1) is 20.7. The fraction of sp³-hybridized carbons (Fsp3) is 0.952. The zero-order valence-electron chi connectivity index (χ0n) is 16.5. The fourth-order valence-electron chi connectivity index (χ4n) is 4.87. The number of hydrogen-bond donors (Lipinski definition) is 1. The van der Waals surface area contributed by atoms with Crippen LogP contribution in [0.4, 0.5) is 0 Å². The Hall–Kier alpha value is -0.610. The predicted molar refractivity (Wildman–Crippen MR) is 101 cm³/mol. The van der Waals surface area contributed by atoms with E-state index >= 15 is 0 Å². The van der Waals surface area contributed by atoms with Crippen LogP contribution in [0.5, 0.6) is 0 Å². The van der Waals surface area contributed by atoms with Gasteiger partial charge in [-0.25, -0.2) is 0 Å². The van der Waals surface area contributed by atoms with E-state index < -0.39 is 5.60 Å². The normalized spacial score (nSPS) is 23.2. The molecule has 0 heterocycles. The fourth-order valence-corrected chi connectivity index (χ4v) is 4.87. The molecule has 2 aliphatic carbocycles. The van der Waals surface area contributed by atoms with E-state index in [4.69, 9.17) is 4.74 Å². The van der Waals surface area contributed by atoms with Crippen LogP contribution in [-0.4, -0.2) is 47.8 Å². The number of likely N-dealkylation sites (N-methyl/N-ethyl adjacent to an activating group) is 1. The van der Waals surface area contributed by atoms with Crippen molar-refractivity contribution in [3.63, 3.8) is 0 Å². The molecule has 146 valence electrons. The number of esters is 1. The molecule has 4 nitrogen and oxygen atoms in total. The Morgan fingerprint density at radius 2 is 1.60 bits per heavy atom. The van der Waals surface area contributed by atoms with Crippen molar-refractivity contribution in [3.05, 3.63) is 0 Å². The summed E-state index contributed by atoms with van der Waals surface area (Å²) in [6.07, 6.45) is 11.7. The smallest absolute Gasteiger partial charge is 0.312 e. The predicted octanol–water partition coefficient (Wildman–Crippen LogP) is 4.15. The molecule has 2 saturated carbocycles. The van der Waals surface area contributed by atoms with Gasteiger partial charge in [-0.15, -0.1) is 0 Å². The van der Waals surface area contributed by atoms with Crippen LogP contribution in [0.3, 0.4) is 0 Å². The minimum Gasteiger partial charge on any atom is -0.464 e. The second-order valence-electron chi connectivity index (χ2n) is 8.09. The summed E-state index contributed by atoms with van der Waals surface area (Å²) in [5.41, 5.74) is -0.842. The van der Waals surface area contributed by atoms with Crippen LogP contribution in [0.15, 0.2) is 0 Å². The number of carbonyl (C=O) groups is 1. The Labute approximate surface area is 154 Å². The molecule has 25 heavy (non-hydrogen) atoms. The number of carbonyl (C=O) groups excluding carboxylic acids is 1. The average Bonchev–Trinajstić information content (AvgIpc) is 2.85. The molecule has 0 aromatic rings. The topological polar surface area (TPSA) is 49.8 Å². The minimum atomic E-state index is -0.842. The molecule has 1 N–H and O–H groups in total. The van der Waals surface area contributed by atoms with Crippen molar-refractivity contribution in [2.45, 2.75) is 90.1 Å². The lowest BCUT2D eigenvalue weighted by molar-refractivity contribution is -0.166. The Kier molecular flexibility index (Phi) is 8.71. The molecule has 0 saturated heterocycles. The summed E-state index contributed by atoms with van der Waals surface area (Å²) in [5.74, 6) is -0.149. The lowest BCUT2D eigenvalue weighted by atomic mass is 9.69. The average molecular weight is 354 g/mol. The van der Waals surface area contributed by atoms with E-state index in [1.54, 1.807) is 0 Å². The number of ether oxygens (including phenoxy) is 1. The van der Waals surface area contributed by atoms with Gasteiger partial charge in [0, 0.05) is 6.54 Å². The highest BCUT2D eigenvalue weighted by atomic mass is 16.5. The van der Waals surface area contributed by atoms with E-state index in [1.807, 2.05) is 0 Å². The highest BCUT2D eigenvalue weighted by molar-refractivity contribution is 5.74. The van der Waals surface area contributed by atoms with Gasteiger partial charge in [0.15, 0.2) is 0 Å². The summed E-state index contributed by atoms with van der Waals surface area (Å²) >= 11 is 0. The highest BCUT2D eigenvalue weighted by Crippen LogP contribution is 2.42. The van der Waals surface area contributed by atoms with E-state index in [0.29, 0.717) is 12.5 Å². The van der Waals surface area contributed by atoms with Crippen LogP contribution in [0, 0.1) is 11.8 Å². The third-order valence-electron chi connectivity index (χ3n) is 6.47. The summed E-state index contributed by atoms with van der Waals surface area (Å²) < 4.78 is 5.71. The number of nitrogens with zero attached hydrogens (tertiary/aromatic N) is 1. The second-order valence-corrected chi connectivity index (χ2v) is 8.09. The largest absolute Gasteiger partial charge is 0.464 e. The SMILES string of the molecule is CCN(CC)CCOC(=O)[C@H](C1CCCCC1)C1(O)CCCCCC1. The van der Waals surface area contributed by atoms with Crippen LogP contribution >= 0.6 is 0 Å². The third-order valence-corrected chi connectivity index (χ3v) is 6.47. The maximum absolute atomic E-state index is 13.0. The van der Waals surface area contributed by atoms with Gasteiger partial charge >= 0.3 is 5.97 Å². The van der Waals surface area contributed by atoms with Gasteiger partial charge < -0.3 is 14.7 Å². The summed E-state index contributed by atoms with van der Waals surface area (Å²) in [6, 6.07) is 0. The van der Waals surface area contributed by atoms with Crippen molar-refractivity contribution >= 4 is 5.97 Å². The Bertz CT molecular complexity index is 381. The van der Waals surface area contributed by atoms with Crippen molar-refractivity contribution in [2.24, 2.45) is 11.8 Å². The van der Waals surface area contributed by atoms with Crippen LogP contribution in [0.2, 0.25) is 0 Å². The maximum Gasteiger partial charge on any atom is 0.312 e. The van der Waals surface area contributed by atoms with Crippen molar-refractivity contribution in [2.75, 3.05) is 26.2 Å². The first-order valence-corrected chi connectivity index (χ1v) is 10.7. The lowest BCUT2D eigenvalue weighted by Gasteiger charge is -2.40. The monoisotopic (exact) mass is 353 g/mol. The molecule has 0 radical (unpaired) electrons. The molecule has 0 aromatic heterocycles. The molecule has 1 atom stereocenters. The van der Waals surface area contributed by atoms with Gasteiger partial charge in [0.25, 0.3) is 0 Å². The zero-order valence-corrected chi connectivity index (χ0v) is 16.5. The van der Waals surface area contributed by atoms with E-state index in [9.17, 15) is 9.90 Å². The van der Waals surface area contributed by atoms with Gasteiger partial charge in [-0.3, -0.25) is 4.79 Å². The van der Waals surface area contributed by atoms with Gasteiger partial charge in [-0.2, -0.15) is 0 Å². The van der Waals surface area contributed by atoms with E-state index in [1.165, 1.54) is 32.1 Å². The van der Waals surface area contributed by atoms with Crippen molar-refractivity contribution in [3.8, 4) is 0 Å². The number of rotatable bonds is 8. The van der Waals surface area contributed by atoms with Crippen molar-refractivity contribution in [1.29, 1.82) is 0 Å². The molecule has 0 aliphatic heterocycles. The minimum absolute atomic E-state index is 0.136. The quantitative estimate of drug-likeness (QED) is 0.526. The standard InChI is InChI=1S/C21H39NO3/c1-3-22(4-2)16-17-25-20(23)19(18-12-8-7-9-13-18)21(24)14-10-5-6-11-15-21/h18-19,24H,3-17H2,1-2H3/t19-/m0/s1. The summed E-state index contributed by atoms with van der Waals surface area (Å²) in [6.45, 7) is 7.44. The molecule has 0 aromatic carbocycles. The summed E-state index contributed by atoms with van der Waals surface area (Å²) in [5, 5.41) is 11.4. The lowest BCUT2D eigenvalue weighted by Crippen LogP contribution is -2.47. The van der Waals surface area contributed by atoms with E-state index in [-0.39, 0.29) is 11.9 Å². The van der Waals surface area contributed by atoms with Crippen LogP contribution in [0.1, 0.15) is 84.5 Å². The molecular formula is C21H39NO3. The van der Waals surface area contributed by atoms with Crippen molar-refractivity contribution in [1.82, 2.24) is 4.90 Å². The Morgan fingerprint density at radius 3 is 2.16 bits per heavy atom. The van der Waals surface area contributed by atoms with Crippen LogP contribution < -0.4 is 0 Å². The molecule has 0 unspecified atom stereocenters. The molecule has 2 aliphatic rings. The molecule has 0 amide bonds. The summed E-state index contributed by atoms with van der Waals surface area (Å²) in [4.78, 5) is 15.3. The first-order chi connectivity index (χ1) is 12.1. The highest BCUT2D eigenvalue weighted by Gasteiger charge is 2.46. The van der Waals surface area contributed by atoms with Crippen LogP contribution in [0.25, 0.3) is 0 Å². The van der Waals surface area contributed by atoms with Gasteiger partial charge in [0.1, 0.15) is 6.61 Å². The molecule has 2 fully saturated rings. The van der Waals surface area contributed by atoms with Gasteiger partial charge in [-0.1, -0.05) is 58.8 Å². The van der Waals surface area contributed by atoms with E-state index in [0.717, 1.165) is 58.2 Å². The third kappa shape index (κ3) is 5.96. The molecular weight excluding hydrogens is 314 g/mol.